The Kier molecular flexibility index (Phi) is 5.97. The second-order valence-electron chi connectivity index (χ2n) is 6.46. The Morgan fingerprint density at radius 3 is 2.61 bits per heavy atom. The SMILES string of the molecule is CCCCCOC(=O)O[C@@H]1C[C@@H](C)CC(C)(C)C1. The van der Waals surface area contributed by atoms with Gasteiger partial charge in [-0.2, -0.15) is 0 Å². The maximum Gasteiger partial charge on any atom is 0.508 e. The second-order valence-corrected chi connectivity index (χ2v) is 6.46. The quantitative estimate of drug-likeness (QED) is 0.535. The number of ether oxygens (including phenoxy) is 2. The Hall–Kier alpha value is -0.730. The highest BCUT2D eigenvalue weighted by molar-refractivity contribution is 5.60. The van der Waals surface area contributed by atoms with Crippen molar-refractivity contribution in [2.24, 2.45) is 11.3 Å². The molecule has 0 unspecified atom stereocenters. The van der Waals surface area contributed by atoms with Crippen molar-refractivity contribution in [2.45, 2.75) is 72.3 Å². The number of hydrogen-bond acceptors (Lipinski definition) is 3. The third-order valence-electron chi connectivity index (χ3n) is 3.58. The summed E-state index contributed by atoms with van der Waals surface area (Å²) in [5.41, 5.74) is 0.269. The van der Waals surface area contributed by atoms with E-state index in [1.54, 1.807) is 0 Å². The molecule has 1 saturated carbocycles. The van der Waals surface area contributed by atoms with Gasteiger partial charge in [0.05, 0.1) is 6.61 Å². The molecule has 18 heavy (non-hydrogen) atoms. The van der Waals surface area contributed by atoms with E-state index in [1.807, 2.05) is 0 Å². The summed E-state index contributed by atoms with van der Waals surface area (Å²) in [6.45, 7) is 9.32. The highest BCUT2D eigenvalue weighted by Crippen LogP contribution is 2.39. The molecule has 0 spiro atoms. The first-order valence-electron chi connectivity index (χ1n) is 7.26. The standard InChI is InChI=1S/C15H28O3/c1-5-6-7-8-17-14(16)18-13-9-12(2)10-15(3,4)11-13/h12-13H,5-11H2,1-4H3/t12-,13-/m1/s1. The lowest BCUT2D eigenvalue weighted by atomic mass is 9.71. The fourth-order valence-corrected chi connectivity index (χ4v) is 3.03. The lowest BCUT2D eigenvalue weighted by Gasteiger charge is -2.38. The van der Waals surface area contributed by atoms with Crippen molar-refractivity contribution in [3.63, 3.8) is 0 Å². The first-order valence-corrected chi connectivity index (χ1v) is 7.26. The Bertz CT molecular complexity index is 260. The zero-order chi connectivity index (χ0) is 13.6. The van der Waals surface area contributed by atoms with Gasteiger partial charge in [0.2, 0.25) is 0 Å². The van der Waals surface area contributed by atoms with Crippen LogP contribution in [0.1, 0.15) is 66.2 Å². The van der Waals surface area contributed by atoms with E-state index in [-0.39, 0.29) is 11.5 Å². The van der Waals surface area contributed by atoms with Crippen LogP contribution in [0.5, 0.6) is 0 Å². The number of carbonyl (C=O) groups is 1. The summed E-state index contributed by atoms with van der Waals surface area (Å²) in [6.07, 6.45) is 5.82. The summed E-state index contributed by atoms with van der Waals surface area (Å²) in [4.78, 5) is 11.5. The van der Waals surface area contributed by atoms with Gasteiger partial charge < -0.3 is 9.47 Å². The molecule has 1 aliphatic rings. The third kappa shape index (κ3) is 5.74. The van der Waals surface area contributed by atoms with Crippen LogP contribution in [0.2, 0.25) is 0 Å². The molecule has 0 aromatic heterocycles. The van der Waals surface area contributed by atoms with E-state index in [9.17, 15) is 4.79 Å². The predicted molar refractivity (Wildman–Crippen MR) is 72.5 cm³/mol. The number of rotatable bonds is 5. The lowest BCUT2D eigenvalue weighted by molar-refractivity contribution is -0.0207. The van der Waals surface area contributed by atoms with E-state index in [0.29, 0.717) is 12.5 Å². The molecule has 106 valence electrons. The highest BCUT2D eigenvalue weighted by Gasteiger charge is 2.34. The smallest absolute Gasteiger partial charge is 0.434 e. The first kappa shape index (κ1) is 15.3. The molecule has 0 radical (unpaired) electrons. The van der Waals surface area contributed by atoms with Gasteiger partial charge in [0.15, 0.2) is 0 Å². The molecule has 0 aromatic carbocycles. The van der Waals surface area contributed by atoms with Crippen LogP contribution < -0.4 is 0 Å². The molecule has 1 aliphatic carbocycles. The van der Waals surface area contributed by atoms with Gasteiger partial charge in [-0.05, 0) is 37.0 Å². The summed E-state index contributed by atoms with van der Waals surface area (Å²) in [5, 5.41) is 0. The van der Waals surface area contributed by atoms with Crippen LogP contribution in [0.15, 0.2) is 0 Å². The van der Waals surface area contributed by atoms with E-state index in [1.165, 1.54) is 6.42 Å². The summed E-state index contributed by atoms with van der Waals surface area (Å²) >= 11 is 0. The molecule has 0 N–H and O–H groups in total. The molecular formula is C15H28O3. The molecule has 0 heterocycles. The monoisotopic (exact) mass is 256 g/mol. The van der Waals surface area contributed by atoms with Crippen LogP contribution in [-0.2, 0) is 9.47 Å². The van der Waals surface area contributed by atoms with Crippen molar-refractivity contribution in [2.75, 3.05) is 6.61 Å². The van der Waals surface area contributed by atoms with E-state index in [0.717, 1.165) is 32.1 Å². The maximum absolute atomic E-state index is 11.5. The van der Waals surface area contributed by atoms with Crippen LogP contribution in [0, 0.1) is 11.3 Å². The predicted octanol–water partition coefficient (Wildman–Crippen LogP) is 4.54. The van der Waals surface area contributed by atoms with Gasteiger partial charge in [-0.15, -0.1) is 0 Å². The minimum absolute atomic E-state index is 0.0300. The van der Waals surface area contributed by atoms with Crippen LogP contribution >= 0.6 is 0 Å². The Balaban J connectivity index is 2.26. The van der Waals surface area contributed by atoms with E-state index in [4.69, 9.17) is 9.47 Å². The first-order chi connectivity index (χ1) is 8.43. The molecule has 0 amide bonds. The van der Waals surface area contributed by atoms with Crippen LogP contribution in [0.3, 0.4) is 0 Å². The molecular weight excluding hydrogens is 228 g/mol. The zero-order valence-electron chi connectivity index (χ0n) is 12.3. The third-order valence-corrected chi connectivity index (χ3v) is 3.58. The minimum atomic E-state index is -0.485. The molecule has 0 bridgehead atoms. The average Bonchev–Trinajstić information content (AvgIpc) is 2.21. The number of unbranched alkanes of at least 4 members (excludes halogenated alkanes) is 2. The molecule has 0 aliphatic heterocycles. The molecule has 1 fully saturated rings. The lowest BCUT2D eigenvalue weighted by Crippen LogP contribution is -2.34. The Labute approximate surface area is 111 Å². The summed E-state index contributed by atoms with van der Waals surface area (Å²) in [7, 11) is 0. The number of carbonyl (C=O) groups excluding carboxylic acids is 1. The van der Waals surface area contributed by atoms with Crippen molar-refractivity contribution in [1.29, 1.82) is 0 Å². The van der Waals surface area contributed by atoms with E-state index < -0.39 is 6.16 Å². The minimum Gasteiger partial charge on any atom is -0.434 e. The maximum atomic E-state index is 11.5. The van der Waals surface area contributed by atoms with Crippen molar-refractivity contribution in [1.82, 2.24) is 0 Å². The van der Waals surface area contributed by atoms with Crippen molar-refractivity contribution >= 4 is 6.16 Å². The fourth-order valence-electron chi connectivity index (χ4n) is 3.03. The molecule has 1 rings (SSSR count). The normalized spacial score (nSPS) is 26.7. The van der Waals surface area contributed by atoms with Crippen molar-refractivity contribution < 1.29 is 14.3 Å². The van der Waals surface area contributed by atoms with Crippen molar-refractivity contribution in [3.8, 4) is 0 Å². The van der Waals surface area contributed by atoms with Crippen molar-refractivity contribution in [3.05, 3.63) is 0 Å². The molecule has 0 aromatic rings. The van der Waals surface area contributed by atoms with Gasteiger partial charge in [-0.3, -0.25) is 0 Å². The van der Waals surface area contributed by atoms with Crippen LogP contribution in [0.4, 0.5) is 4.79 Å². The Morgan fingerprint density at radius 2 is 2.00 bits per heavy atom. The fraction of sp³-hybridized carbons (Fsp3) is 0.933. The topological polar surface area (TPSA) is 35.5 Å². The molecule has 3 heteroatoms. The zero-order valence-corrected chi connectivity index (χ0v) is 12.3. The van der Waals surface area contributed by atoms with E-state index >= 15 is 0 Å². The van der Waals surface area contributed by atoms with Gasteiger partial charge in [0, 0.05) is 0 Å². The van der Waals surface area contributed by atoms with Crippen LogP contribution in [0.25, 0.3) is 0 Å². The van der Waals surface area contributed by atoms with E-state index in [2.05, 4.69) is 27.7 Å². The van der Waals surface area contributed by atoms with Gasteiger partial charge in [0.25, 0.3) is 0 Å². The second kappa shape index (κ2) is 7.01. The van der Waals surface area contributed by atoms with Gasteiger partial charge in [-0.25, -0.2) is 4.79 Å². The Morgan fingerprint density at radius 1 is 1.28 bits per heavy atom. The highest BCUT2D eigenvalue weighted by atomic mass is 16.7. The largest absolute Gasteiger partial charge is 0.508 e. The van der Waals surface area contributed by atoms with Gasteiger partial charge in [-0.1, -0.05) is 40.5 Å². The van der Waals surface area contributed by atoms with Crippen LogP contribution in [-0.4, -0.2) is 18.9 Å². The molecule has 0 saturated heterocycles. The summed E-state index contributed by atoms with van der Waals surface area (Å²) < 4.78 is 10.5. The van der Waals surface area contributed by atoms with Gasteiger partial charge >= 0.3 is 6.16 Å². The summed E-state index contributed by atoms with van der Waals surface area (Å²) in [5.74, 6) is 0.617. The average molecular weight is 256 g/mol. The summed E-state index contributed by atoms with van der Waals surface area (Å²) in [6, 6.07) is 0. The van der Waals surface area contributed by atoms with Gasteiger partial charge in [0.1, 0.15) is 6.10 Å². The number of hydrogen-bond donors (Lipinski definition) is 0. The molecule has 3 nitrogen and oxygen atoms in total. The molecule has 2 atom stereocenters.